The van der Waals surface area contributed by atoms with Crippen LogP contribution in [-0.4, -0.2) is 36.6 Å². The number of hydrogen-bond donors (Lipinski definition) is 2. The van der Waals surface area contributed by atoms with Crippen LogP contribution in [0.4, 0.5) is 11.5 Å². The summed E-state index contributed by atoms with van der Waals surface area (Å²) < 4.78 is 0. The quantitative estimate of drug-likeness (QED) is 0.768. The Hall–Kier alpha value is -1.29. The average molecular weight is 208 g/mol. The molecular formula is C11H20N4. The predicted octanol–water partition coefficient (Wildman–Crippen LogP) is 1.42. The van der Waals surface area contributed by atoms with Crippen molar-refractivity contribution < 1.29 is 0 Å². The third kappa shape index (κ3) is 4.16. The topological polar surface area (TPSA) is 54.2 Å². The number of nitrogens with zero attached hydrogens (tertiary/aromatic N) is 2. The van der Waals surface area contributed by atoms with Crippen molar-refractivity contribution in [3.8, 4) is 0 Å². The Morgan fingerprint density at radius 2 is 2.27 bits per heavy atom. The van der Waals surface area contributed by atoms with Crippen LogP contribution in [-0.2, 0) is 0 Å². The van der Waals surface area contributed by atoms with Gasteiger partial charge in [0.1, 0.15) is 5.82 Å². The van der Waals surface area contributed by atoms with Gasteiger partial charge in [-0.25, -0.2) is 4.98 Å². The fraction of sp³-hybridized carbons (Fsp3) is 0.545. The first-order valence-corrected chi connectivity index (χ1v) is 5.21. The maximum absolute atomic E-state index is 5.79. The van der Waals surface area contributed by atoms with Gasteiger partial charge in [-0.15, -0.1) is 0 Å². The molecule has 84 valence electrons. The molecule has 15 heavy (non-hydrogen) atoms. The smallest absolute Gasteiger partial charge is 0.149 e. The van der Waals surface area contributed by atoms with E-state index in [1.807, 2.05) is 12.1 Å². The van der Waals surface area contributed by atoms with Gasteiger partial charge < -0.3 is 16.0 Å². The molecule has 0 aliphatic carbocycles. The van der Waals surface area contributed by atoms with Crippen LogP contribution in [0.1, 0.15) is 13.3 Å². The van der Waals surface area contributed by atoms with E-state index in [0.29, 0.717) is 11.7 Å². The molecule has 0 aromatic carbocycles. The molecule has 0 aliphatic rings. The molecule has 4 heteroatoms. The average Bonchev–Trinajstić information content (AvgIpc) is 2.18. The summed E-state index contributed by atoms with van der Waals surface area (Å²) in [6.45, 7) is 3.19. The summed E-state index contributed by atoms with van der Waals surface area (Å²) in [7, 11) is 4.14. The van der Waals surface area contributed by atoms with Gasteiger partial charge in [0, 0.05) is 12.2 Å². The Morgan fingerprint density at radius 1 is 1.53 bits per heavy atom. The Morgan fingerprint density at radius 3 is 2.87 bits per heavy atom. The van der Waals surface area contributed by atoms with E-state index in [2.05, 4.69) is 36.2 Å². The molecule has 0 bridgehead atoms. The van der Waals surface area contributed by atoms with Gasteiger partial charge in [0.05, 0.1) is 5.69 Å². The van der Waals surface area contributed by atoms with Crippen molar-refractivity contribution in [1.82, 2.24) is 9.88 Å². The maximum Gasteiger partial charge on any atom is 0.149 e. The monoisotopic (exact) mass is 208 g/mol. The Labute approximate surface area is 91.5 Å². The van der Waals surface area contributed by atoms with Gasteiger partial charge in [-0.1, -0.05) is 0 Å². The van der Waals surface area contributed by atoms with E-state index in [4.69, 9.17) is 5.73 Å². The van der Waals surface area contributed by atoms with Crippen molar-refractivity contribution in [2.24, 2.45) is 0 Å². The molecule has 3 N–H and O–H groups in total. The maximum atomic E-state index is 5.79. The highest BCUT2D eigenvalue weighted by atomic mass is 15.1. The summed E-state index contributed by atoms with van der Waals surface area (Å²) in [6, 6.07) is 4.07. The zero-order valence-electron chi connectivity index (χ0n) is 9.70. The zero-order chi connectivity index (χ0) is 11.3. The fourth-order valence-electron chi connectivity index (χ4n) is 1.30. The lowest BCUT2D eigenvalue weighted by molar-refractivity contribution is 0.390. The third-order valence-electron chi connectivity index (χ3n) is 2.23. The molecule has 0 fully saturated rings. The summed E-state index contributed by atoms with van der Waals surface area (Å²) in [5, 5.41) is 3.30. The standard InChI is InChI=1S/C11H20N4/c1-9(6-8-15(2)3)14-11-10(12)5-4-7-13-11/h4-5,7,9H,6,8,12H2,1-3H3,(H,13,14). The summed E-state index contributed by atoms with van der Waals surface area (Å²) in [4.78, 5) is 6.36. The second-order valence-corrected chi connectivity index (χ2v) is 4.08. The van der Waals surface area contributed by atoms with Crippen LogP contribution < -0.4 is 11.1 Å². The lowest BCUT2D eigenvalue weighted by Crippen LogP contribution is -2.23. The molecular weight excluding hydrogens is 188 g/mol. The van der Waals surface area contributed by atoms with Crippen LogP contribution >= 0.6 is 0 Å². The molecule has 4 nitrogen and oxygen atoms in total. The number of rotatable bonds is 5. The molecule has 1 heterocycles. The first-order valence-electron chi connectivity index (χ1n) is 5.21. The van der Waals surface area contributed by atoms with E-state index in [0.717, 1.165) is 18.8 Å². The first-order chi connectivity index (χ1) is 7.09. The van der Waals surface area contributed by atoms with E-state index < -0.39 is 0 Å². The molecule has 1 aromatic rings. The van der Waals surface area contributed by atoms with Gasteiger partial charge in [0.15, 0.2) is 0 Å². The third-order valence-corrected chi connectivity index (χ3v) is 2.23. The van der Waals surface area contributed by atoms with Crippen LogP contribution in [0.3, 0.4) is 0 Å². The fourth-order valence-corrected chi connectivity index (χ4v) is 1.30. The Kier molecular flexibility index (Phi) is 4.37. The van der Waals surface area contributed by atoms with Crippen LogP contribution in [0.25, 0.3) is 0 Å². The number of hydrogen-bond acceptors (Lipinski definition) is 4. The molecule has 0 aliphatic heterocycles. The van der Waals surface area contributed by atoms with Crippen molar-refractivity contribution >= 4 is 11.5 Å². The van der Waals surface area contributed by atoms with Gasteiger partial charge in [-0.2, -0.15) is 0 Å². The predicted molar refractivity (Wildman–Crippen MR) is 64.9 cm³/mol. The highest BCUT2D eigenvalue weighted by molar-refractivity contribution is 5.60. The Balaban J connectivity index is 2.44. The van der Waals surface area contributed by atoms with E-state index >= 15 is 0 Å². The van der Waals surface area contributed by atoms with Crippen molar-refractivity contribution in [3.63, 3.8) is 0 Å². The largest absolute Gasteiger partial charge is 0.396 e. The number of aromatic nitrogens is 1. The van der Waals surface area contributed by atoms with Gasteiger partial charge in [0.25, 0.3) is 0 Å². The molecule has 0 spiro atoms. The number of anilines is 2. The number of nitrogen functional groups attached to an aromatic ring is 1. The second kappa shape index (κ2) is 5.56. The summed E-state index contributed by atoms with van der Waals surface area (Å²) >= 11 is 0. The SMILES string of the molecule is CC(CCN(C)C)Nc1ncccc1N. The molecule has 1 unspecified atom stereocenters. The summed E-state index contributed by atoms with van der Waals surface area (Å²) in [6.07, 6.45) is 2.82. The zero-order valence-corrected chi connectivity index (χ0v) is 9.70. The first kappa shape index (κ1) is 11.8. The van der Waals surface area contributed by atoms with Crippen molar-refractivity contribution in [3.05, 3.63) is 18.3 Å². The van der Waals surface area contributed by atoms with Crippen LogP contribution in [0.5, 0.6) is 0 Å². The lowest BCUT2D eigenvalue weighted by Gasteiger charge is -2.17. The Bertz CT molecular complexity index is 298. The van der Waals surface area contributed by atoms with E-state index in [-0.39, 0.29) is 0 Å². The number of nitrogens with one attached hydrogen (secondary N) is 1. The number of nitrogens with two attached hydrogens (primary N) is 1. The van der Waals surface area contributed by atoms with Gasteiger partial charge in [0.2, 0.25) is 0 Å². The minimum absolute atomic E-state index is 0.379. The van der Waals surface area contributed by atoms with E-state index in [1.54, 1.807) is 6.20 Å². The van der Waals surface area contributed by atoms with Crippen molar-refractivity contribution in [1.29, 1.82) is 0 Å². The number of pyridine rings is 1. The van der Waals surface area contributed by atoms with Crippen molar-refractivity contribution in [2.45, 2.75) is 19.4 Å². The molecule has 0 amide bonds. The normalized spacial score (nSPS) is 12.8. The van der Waals surface area contributed by atoms with E-state index in [9.17, 15) is 0 Å². The van der Waals surface area contributed by atoms with Crippen LogP contribution in [0.15, 0.2) is 18.3 Å². The van der Waals surface area contributed by atoms with Crippen LogP contribution in [0, 0.1) is 0 Å². The lowest BCUT2D eigenvalue weighted by atomic mass is 10.2. The van der Waals surface area contributed by atoms with E-state index in [1.165, 1.54) is 0 Å². The highest BCUT2D eigenvalue weighted by Gasteiger charge is 2.05. The molecule has 0 radical (unpaired) electrons. The minimum Gasteiger partial charge on any atom is -0.396 e. The molecule has 1 rings (SSSR count). The van der Waals surface area contributed by atoms with Crippen molar-refractivity contribution in [2.75, 3.05) is 31.7 Å². The highest BCUT2D eigenvalue weighted by Crippen LogP contribution is 2.14. The summed E-state index contributed by atoms with van der Waals surface area (Å²) in [5.41, 5.74) is 6.49. The van der Waals surface area contributed by atoms with Gasteiger partial charge in [-0.3, -0.25) is 0 Å². The molecule has 1 atom stereocenters. The van der Waals surface area contributed by atoms with Crippen LogP contribution in [0.2, 0.25) is 0 Å². The summed E-state index contributed by atoms with van der Waals surface area (Å²) in [5.74, 6) is 0.781. The minimum atomic E-state index is 0.379. The second-order valence-electron chi connectivity index (χ2n) is 4.08. The molecule has 1 aromatic heterocycles. The van der Waals surface area contributed by atoms with Gasteiger partial charge in [-0.05, 0) is 46.1 Å². The van der Waals surface area contributed by atoms with Gasteiger partial charge >= 0.3 is 0 Å². The molecule has 0 saturated heterocycles. The molecule has 0 saturated carbocycles.